The Morgan fingerprint density at radius 3 is 2.33 bits per heavy atom. The molecule has 0 amide bonds. The molecule has 0 heterocycles. The highest BCUT2D eigenvalue weighted by atomic mass is 32.2. The molecule has 0 aromatic carbocycles. The van der Waals surface area contributed by atoms with Crippen molar-refractivity contribution in [3.63, 3.8) is 0 Å². The van der Waals surface area contributed by atoms with E-state index in [0.717, 1.165) is 19.8 Å². The Kier molecular flexibility index (Phi) is 4.74. The molecule has 0 spiro atoms. The highest BCUT2D eigenvalue weighted by Crippen LogP contribution is 2.32. The summed E-state index contributed by atoms with van der Waals surface area (Å²) in [5.41, 5.74) is -0.894. The van der Waals surface area contributed by atoms with Gasteiger partial charge in [0.25, 0.3) is 0 Å². The Balaban J connectivity index is 2.83. The number of aliphatic hydroxyl groups excluding tert-OH is 1. The van der Waals surface area contributed by atoms with E-state index in [1.807, 2.05) is 0 Å². The fourth-order valence-electron chi connectivity index (χ4n) is 2.13. The zero-order valence-corrected chi connectivity index (χ0v) is 11.5. The number of hydrogen-bond acceptors (Lipinski definition) is 4. The van der Waals surface area contributed by atoms with Crippen LogP contribution in [0.1, 0.15) is 39.5 Å². The van der Waals surface area contributed by atoms with E-state index in [1.54, 1.807) is 0 Å². The third-order valence-corrected chi connectivity index (χ3v) is 5.56. The molecule has 0 bridgehead atoms. The van der Waals surface area contributed by atoms with Crippen molar-refractivity contribution in [3.8, 4) is 0 Å². The summed E-state index contributed by atoms with van der Waals surface area (Å²) < 4.78 is 26.2. The summed E-state index contributed by atoms with van der Waals surface area (Å²) in [6.07, 6.45) is 2.72. The summed E-state index contributed by atoms with van der Waals surface area (Å²) in [4.78, 5) is 10.8. The molecular weight excluding hydrogens is 258 g/mol. The van der Waals surface area contributed by atoms with Gasteiger partial charge in [0.05, 0.1) is 12.1 Å². The first kappa shape index (κ1) is 15.4. The number of carboxylic acids is 1. The van der Waals surface area contributed by atoms with Crippen LogP contribution in [0.3, 0.4) is 0 Å². The molecule has 1 saturated carbocycles. The van der Waals surface area contributed by atoms with Gasteiger partial charge in [0.1, 0.15) is 0 Å². The van der Waals surface area contributed by atoms with Crippen molar-refractivity contribution in [3.05, 3.63) is 0 Å². The maximum Gasteiger partial charge on any atom is 0.323 e. The van der Waals surface area contributed by atoms with Crippen molar-refractivity contribution in [2.75, 3.05) is 6.61 Å². The van der Waals surface area contributed by atoms with E-state index < -0.39 is 26.8 Å². The molecular formula is C11H21NO5S. The van der Waals surface area contributed by atoms with Crippen LogP contribution in [0.5, 0.6) is 0 Å². The minimum absolute atomic E-state index is 0.300. The molecule has 1 atom stereocenters. The molecule has 1 aliphatic rings. The molecule has 1 fully saturated rings. The molecule has 0 saturated heterocycles. The average molecular weight is 279 g/mol. The van der Waals surface area contributed by atoms with Gasteiger partial charge in [-0.2, -0.15) is 0 Å². The quantitative estimate of drug-likeness (QED) is 0.672. The lowest BCUT2D eigenvalue weighted by Crippen LogP contribution is -2.55. The Morgan fingerprint density at radius 2 is 1.94 bits per heavy atom. The first-order chi connectivity index (χ1) is 8.22. The van der Waals surface area contributed by atoms with Crippen molar-refractivity contribution in [1.82, 2.24) is 4.72 Å². The fraction of sp³-hybridized carbons (Fsp3) is 0.909. The van der Waals surface area contributed by atoms with E-state index in [0.29, 0.717) is 18.8 Å². The molecule has 106 valence electrons. The molecule has 0 aliphatic heterocycles. The average Bonchev–Trinajstić information content (AvgIpc) is 2.31. The van der Waals surface area contributed by atoms with Crippen LogP contribution < -0.4 is 4.72 Å². The van der Waals surface area contributed by atoms with E-state index in [-0.39, 0.29) is 6.61 Å². The van der Waals surface area contributed by atoms with E-state index in [2.05, 4.69) is 11.6 Å². The van der Waals surface area contributed by atoms with Gasteiger partial charge in [-0.15, -0.1) is 0 Å². The standard InChI is InChI=1S/C11H21NO5S/c1-8-3-5-11(7-13,6-4-8)12-18(16,17)9(2)10(14)15/h8-9,12-13H,3-7H2,1-2H3,(H,14,15). The summed E-state index contributed by atoms with van der Waals surface area (Å²) in [7, 11) is -3.96. The zero-order valence-electron chi connectivity index (χ0n) is 10.7. The van der Waals surface area contributed by atoms with Crippen LogP contribution in [-0.4, -0.2) is 42.0 Å². The maximum atomic E-state index is 11.9. The van der Waals surface area contributed by atoms with Crippen LogP contribution in [0.2, 0.25) is 0 Å². The monoisotopic (exact) mass is 279 g/mol. The second kappa shape index (κ2) is 5.54. The van der Waals surface area contributed by atoms with Gasteiger partial charge in [0.2, 0.25) is 10.0 Å². The van der Waals surface area contributed by atoms with Crippen LogP contribution in [0.25, 0.3) is 0 Å². The summed E-state index contributed by atoms with van der Waals surface area (Å²) in [5, 5.41) is 16.7. The lowest BCUT2D eigenvalue weighted by Gasteiger charge is -2.38. The lowest BCUT2D eigenvalue weighted by molar-refractivity contribution is -0.136. The minimum atomic E-state index is -3.96. The van der Waals surface area contributed by atoms with E-state index >= 15 is 0 Å². The minimum Gasteiger partial charge on any atom is -0.480 e. The Morgan fingerprint density at radius 1 is 1.44 bits per heavy atom. The van der Waals surface area contributed by atoms with E-state index in [9.17, 15) is 18.3 Å². The second-order valence-corrected chi connectivity index (χ2v) is 7.25. The summed E-state index contributed by atoms with van der Waals surface area (Å²) >= 11 is 0. The number of nitrogens with one attached hydrogen (secondary N) is 1. The van der Waals surface area contributed by atoms with Crippen molar-refractivity contribution in [1.29, 1.82) is 0 Å². The predicted octanol–water partition coefficient (Wildman–Crippen LogP) is 0.320. The molecule has 0 aromatic rings. The van der Waals surface area contributed by atoms with Crippen molar-refractivity contribution < 1.29 is 23.4 Å². The van der Waals surface area contributed by atoms with E-state index in [1.165, 1.54) is 0 Å². The van der Waals surface area contributed by atoms with Crippen LogP contribution in [0, 0.1) is 5.92 Å². The molecule has 1 unspecified atom stereocenters. The molecule has 1 rings (SSSR count). The topological polar surface area (TPSA) is 104 Å². The fourth-order valence-corrected chi connectivity index (χ4v) is 3.44. The first-order valence-corrected chi connectivity index (χ1v) is 7.63. The van der Waals surface area contributed by atoms with Gasteiger partial charge < -0.3 is 10.2 Å². The van der Waals surface area contributed by atoms with Crippen LogP contribution in [0.15, 0.2) is 0 Å². The number of aliphatic hydroxyl groups is 1. The first-order valence-electron chi connectivity index (χ1n) is 6.09. The van der Waals surface area contributed by atoms with Crippen molar-refractivity contribution >= 4 is 16.0 Å². The number of aliphatic carboxylic acids is 1. The van der Waals surface area contributed by atoms with E-state index in [4.69, 9.17) is 5.11 Å². The summed E-state index contributed by atoms with van der Waals surface area (Å²) in [6.45, 7) is 2.90. The van der Waals surface area contributed by atoms with Gasteiger partial charge >= 0.3 is 5.97 Å². The van der Waals surface area contributed by atoms with Gasteiger partial charge in [-0.05, 0) is 38.5 Å². The molecule has 0 radical (unpaired) electrons. The molecule has 1 aliphatic carbocycles. The van der Waals surface area contributed by atoms with Gasteiger partial charge in [-0.25, -0.2) is 13.1 Å². The van der Waals surface area contributed by atoms with Crippen molar-refractivity contribution in [2.45, 2.75) is 50.3 Å². The number of sulfonamides is 1. The third-order valence-electron chi connectivity index (χ3n) is 3.71. The van der Waals surface area contributed by atoms with Crippen LogP contribution in [-0.2, 0) is 14.8 Å². The van der Waals surface area contributed by atoms with Crippen molar-refractivity contribution in [2.24, 2.45) is 5.92 Å². The highest BCUT2D eigenvalue weighted by molar-refractivity contribution is 7.90. The SMILES string of the molecule is CC1CCC(CO)(NS(=O)(=O)C(C)C(=O)O)CC1. The predicted molar refractivity (Wildman–Crippen MR) is 66.6 cm³/mol. The molecule has 7 heteroatoms. The number of carboxylic acid groups (broad SMARTS) is 1. The Labute approximate surface area is 107 Å². The smallest absolute Gasteiger partial charge is 0.323 e. The molecule has 3 N–H and O–H groups in total. The molecule has 0 aromatic heterocycles. The van der Waals surface area contributed by atoms with Gasteiger partial charge in [0.15, 0.2) is 5.25 Å². The Hall–Kier alpha value is -0.660. The number of hydrogen-bond donors (Lipinski definition) is 3. The normalized spacial score (nSPS) is 30.9. The zero-order chi connectivity index (χ0) is 14.0. The molecule has 18 heavy (non-hydrogen) atoms. The largest absolute Gasteiger partial charge is 0.480 e. The number of rotatable bonds is 5. The van der Waals surface area contributed by atoms with Gasteiger partial charge in [-0.1, -0.05) is 6.92 Å². The lowest BCUT2D eigenvalue weighted by atomic mass is 9.78. The van der Waals surface area contributed by atoms with Crippen LogP contribution in [0.4, 0.5) is 0 Å². The molecule has 6 nitrogen and oxygen atoms in total. The van der Waals surface area contributed by atoms with Crippen LogP contribution >= 0.6 is 0 Å². The summed E-state index contributed by atoms with van der Waals surface area (Å²) in [5.74, 6) is -0.883. The second-order valence-electron chi connectivity index (χ2n) is 5.25. The maximum absolute atomic E-state index is 11.9. The highest BCUT2D eigenvalue weighted by Gasteiger charge is 2.40. The third kappa shape index (κ3) is 3.43. The summed E-state index contributed by atoms with van der Waals surface area (Å²) in [6, 6.07) is 0. The number of carbonyl (C=O) groups is 1. The van der Waals surface area contributed by atoms with Gasteiger partial charge in [0, 0.05) is 0 Å². The van der Waals surface area contributed by atoms with Gasteiger partial charge in [-0.3, -0.25) is 4.79 Å². The Bertz CT molecular complexity index is 398.